The topological polar surface area (TPSA) is 80.3 Å². The quantitative estimate of drug-likeness (QED) is 0.769. The van der Waals surface area contributed by atoms with Crippen molar-refractivity contribution in [3.05, 3.63) is 29.8 Å². The van der Waals surface area contributed by atoms with Crippen LogP contribution in [0.25, 0.3) is 0 Å². The number of benzene rings is 1. The lowest BCUT2D eigenvalue weighted by molar-refractivity contribution is 0.0988. The lowest BCUT2D eigenvalue weighted by atomic mass is 10.1. The predicted octanol–water partition coefficient (Wildman–Crippen LogP) is 1.32. The van der Waals surface area contributed by atoms with Crippen LogP contribution in [0.2, 0.25) is 0 Å². The zero-order chi connectivity index (χ0) is 15.3. The molecule has 5 nitrogen and oxygen atoms in total. The fourth-order valence-electron chi connectivity index (χ4n) is 1.47. The number of hydrogen-bond donors (Lipinski definition) is 1. The van der Waals surface area contributed by atoms with Gasteiger partial charge in [-0.15, -0.1) is 0 Å². The second-order valence-corrected chi connectivity index (χ2v) is 8.03. The summed E-state index contributed by atoms with van der Waals surface area (Å²) in [5.74, 6) is -0.106. The molecule has 20 heavy (non-hydrogen) atoms. The standard InChI is InChI=1S/C13H19NO4S2/c1-4-13(15)11-6-5-7-12(8-11)20(17,18)14-9-10(2)19(3)16/h5-8,10,14H,4,9H2,1-3H3. The maximum Gasteiger partial charge on any atom is 0.240 e. The number of nitrogens with one attached hydrogen (secondary N) is 1. The van der Waals surface area contributed by atoms with Crippen LogP contribution in [0.3, 0.4) is 0 Å². The smallest absolute Gasteiger partial charge is 0.240 e. The summed E-state index contributed by atoms with van der Waals surface area (Å²) in [5.41, 5.74) is 0.377. The summed E-state index contributed by atoms with van der Waals surface area (Å²) in [6.07, 6.45) is 1.85. The highest BCUT2D eigenvalue weighted by molar-refractivity contribution is 7.89. The van der Waals surface area contributed by atoms with E-state index in [0.29, 0.717) is 12.0 Å². The molecule has 7 heteroatoms. The summed E-state index contributed by atoms with van der Waals surface area (Å²) in [6, 6.07) is 5.93. The second kappa shape index (κ2) is 7.10. The number of ketones is 1. The summed E-state index contributed by atoms with van der Waals surface area (Å²) in [4.78, 5) is 11.6. The lowest BCUT2D eigenvalue weighted by Gasteiger charge is -2.11. The average Bonchev–Trinajstić information content (AvgIpc) is 2.43. The van der Waals surface area contributed by atoms with E-state index < -0.39 is 20.8 Å². The number of Topliss-reactive ketones (excluding diaryl/α,β-unsaturated/α-hetero) is 1. The van der Waals surface area contributed by atoms with Gasteiger partial charge in [0.05, 0.1) is 4.90 Å². The summed E-state index contributed by atoms with van der Waals surface area (Å²) < 4.78 is 37.8. The summed E-state index contributed by atoms with van der Waals surface area (Å²) in [5, 5.41) is -0.273. The van der Waals surface area contributed by atoms with Gasteiger partial charge in [-0.05, 0) is 19.1 Å². The van der Waals surface area contributed by atoms with Crippen LogP contribution in [0.4, 0.5) is 0 Å². The van der Waals surface area contributed by atoms with Gasteiger partial charge < -0.3 is 0 Å². The molecule has 1 aromatic rings. The SMILES string of the molecule is CCC(=O)c1cccc(S(=O)(=O)NCC(C)S(C)=O)c1. The summed E-state index contributed by atoms with van der Waals surface area (Å²) in [7, 11) is -4.79. The van der Waals surface area contributed by atoms with Gasteiger partial charge in [-0.2, -0.15) is 0 Å². The van der Waals surface area contributed by atoms with E-state index in [0.717, 1.165) is 0 Å². The number of sulfonamides is 1. The van der Waals surface area contributed by atoms with Crippen molar-refractivity contribution in [2.75, 3.05) is 12.8 Å². The molecule has 0 heterocycles. The van der Waals surface area contributed by atoms with Crippen LogP contribution < -0.4 is 4.72 Å². The molecule has 112 valence electrons. The van der Waals surface area contributed by atoms with E-state index in [1.807, 2.05) is 0 Å². The zero-order valence-corrected chi connectivity index (χ0v) is 13.4. The van der Waals surface area contributed by atoms with Crippen LogP contribution in [-0.4, -0.2) is 36.5 Å². The van der Waals surface area contributed by atoms with Gasteiger partial charge in [-0.1, -0.05) is 19.1 Å². The molecule has 0 aliphatic heterocycles. The van der Waals surface area contributed by atoms with E-state index in [-0.39, 0.29) is 22.5 Å². The molecule has 0 fully saturated rings. The van der Waals surface area contributed by atoms with Crippen LogP contribution in [0.1, 0.15) is 30.6 Å². The largest absolute Gasteiger partial charge is 0.294 e. The molecular formula is C13H19NO4S2. The average molecular weight is 317 g/mol. The third-order valence-corrected chi connectivity index (χ3v) is 5.64. The van der Waals surface area contributed by atoms with Crippen molar-refractivity contribution >= 4 is 26.6 Å². The first-order chi connectivity index (χ1) is 9.27. The molecule has 1 rings (SSSR count). The minimum absolute atomic E-state index is 0.0471. The molecule has 0 amide bonds. The summed E-state index contributed by atoms with van der Waals surface area (Å²) >= 11 is 0. The highest BCUT2D eigenvalue weighted by Gasteiger charge is 2.17. The summed E-state index contributed by atoms with van der Waals surface area (Å²) in [6.45, 7) is 3.52. The van der Waals surface area contributed by atoms with Gasteiger partial charge in [0.25, 0.3) is 0 Å². The van der Waals surface area contributed by atoms with Crippen LogP contribution in [0.15, 0.2) is 29.2 Å². The Morgan fingerprint density at radius 1 is 1.40 bits per heavy atom. The predicted molar refractivity (Wildman–Crippen MR) is 79.8 cm³/mol. The highest BCUT2D eigenvalue weighted by Crippen LogP contribution is 2.13. The van der Waals surface area contributed by atoms with Gasteiger partial charge in [0.15, 0.2) is 5.78 Å². The van der Waals surface area contributed by atoms with E-state index in [1.165, 1.54) is 18.4 Å². The van der Waals surface area contributed by atoms with Gasteiger partial charge in [0.1, 0.15) is 0 Å². The van der Waals surface area contributed by atoms with Crippen molar-refractivity contribution in [2.45, 2.75) is 30.4 Å². The lowest BCUT2D eigenvalue weighted by Crippen LogP contribution is -2.32. The van der Waals surface area contributed by atoms with Crippen molar-refractivity contribution in [3.63, 3.8) is 0 Å². The number of carbonyl (C=O) groups excluding carboxylic acids is 1. The first kappa shape index (κ1) is 17.0. The monoisotopic (exact) mass is 317 g/mol. The Labute approximate surface area is 122 Å². The molecule has 0 radical (unpaired) electrons. The van der Waals surface area contributed by atoms with Gasteiger partial charge in [-0.25, -0.2) is 13.1 Å². The Kier molecular flexibility index (Phi) is 6.04. The minimum Gasteiger partial charge on any atom is -0.294 e. The van der Waals surface area contributed by atoms with Gasteiger partial charge in [0, 0.05) is 40.8 Å². The van der Waals surface area contributed by atoms with E-state index in [1.54, 1.807) is 26.0 Å². The number of rotatable bonds is 7. The normalized spacial score (nSPS) is 14.8. The maximum atomic E-state index is 12.1. The first-order valence-corrected chi connectivity index (χ1v) is 9.33. The molecule has 2 unspecified atom stereocenters. The number of hydrogen-bond acceptors (Lipinski definition) is 4. The van der Waals surface area contributed by atoms with Crippen LogP contribution in [0, 0.1) is 0 Å². The highest BCUT2D eigenvalue weighted by atomic mass is 32.2. The molecule has 1 aromatic carbocycles. The molecule has 0 bridgehead atoms. The number of carbonyl (C=O) groups is 1. The zero-order valence-electron chi connectivity index (χ0n) is 11.8. The molecule has 1 N–H and O–H groups in total. The Bertz CT molecular complexity index is 611. The Morgan fingerprint density at radius 3 is 2.60 bits per heavy atom. The molecule has 0 aromatic heterocycles. The Hall–Kier alpha value is -1.05. The third-order valence-electron chi connectivity index (χ3n) is 2.91. The third kappa shape index (κ3) is 4.50. The molecule has 0 aliphatic rings. The molecule has 0 saturated carbocycles. The van der Waals surface area contributed by atoms with Gasteiger partial charge in [0.2, 0.25) is 10.0 Å². The molecule has 0 saturated heterocycles. The van der Waals surface area contributed by atoms with Gasteiger partial charge in [-0.3, -0.25) is 9.00 Å². The van der Waals surface area contributed by atoms with E-state index >= 15 is 0 Å². The van der Waals surface area contributed by atoms with Gasteiger partial charge >= 0.3 is 0 Å². The molecule has 0 aliphatic carbocycles. The first-order valence-electron chi connectivity index (χ1n) is 6.23. The molecule has 0 spiro atoms. The minimum atomic E-state index is -3.69. The maximum absolute atomic E-state index is 12.1. The Morgan fingerprint density at radius 2 is 2.05 bits per heavy atom. The molecular weight excluding hydrogens is 298 g/mol. The van der Waals surface area contributed by atoms with Crippen molar-refractivity contribution < 1.29 is 17.4 Å². The van der Waals surface area contributed by atoms with Crippen LogP contribution in [-0.2, 0) is 20.8 Å². The van der Waals surface area contributed by atoms with Crippen molar-refractivity contribution in [3.8, 4) is 0 Å². The van der Waals surface area contributed by atoms with Crippen molar-refractivity contribution in [2.24, 2.45) is 0 Å². The van der Waals surface area contributed by atoms with Crippen molar-refractivity contribution in [1.82, 2.24) is 4.72 Å². The van der Waals surface area contributed by atoms with E-state index in [2.05, 4.69) is 4.72 Å². The van der Waals surface area contributed by atoms with E-state index in [4.69, 9.17) is 0 Å². The Balaban J connectivity index is 2.93. The van der Waals surface area contributed by atoms with Crippen LogP contribution in [0.5, 0.6) is 0 Å². The van der Waals surface area contributed by atoms with Crippen LogP contribution >= 0.6 is 0 Å². The fraction of sp³-hybridized carbons (Fsp3) is 0.462. The van der Waals surface area contributed by atoms with E-state index in [9.17, 15) is 17.4 Å². The molecule has 2 atom stereocenters. The van der Waals surface area contributed by atoms with Crippen molar-refractivity contribution in [1.29, 1.82) is 0 Å². The second-order valence-electron chi connectivity index (χ2n) is 4.47. The fourth-order valence-corrected chi connectivity index (χ4v) is 3.07.